The highest BCUT2D eigenvalue weighted by atomic mass is 19.3. The summed E-state index contributed by atoms with van der Waals surface area (Å²) in [5.74, 6) is -0.192. The molecule has 3 nitrogen and oxygen atoms in total. The molecule has 0 radical (unpaired) electrons. The van der Waals surface area contributed by atoms with Crippen molar-refractivity contribution in [2.75, 3.05) is 13.6 Å². The lowest BCUT2D eigenvalue weighted by atomic mass is 10.2. The van der Waals surface area contributed by atoms with Gasteiger partial charge in [-0.25, -0.2) is 0 Å². The Morgan fingerprint density at radius 1 is 1.44 bits per heavy atom. The number of nitrogens with zero attached hydrogens (tertiary/aromatic N) is 1. The molecule has 0 aliphatic heterocycles. The van der Waals surface area contributed by atoms with E-state index in [1.807, 2.05) is 6.92 Å². The molecule has 1 rings (SSSR count). The third-order valence-corrected chi connectivity index (χ3v) is 2.50. The van der Waals surface area contributed by atoms with Crippen LogP contribution in [0.4, 0.5) is 8.78 Å². The molecule has 0 saturated carbocycles. The maximum Gasteiger partial charge on any atom is 0.387 e. The first kappa shape index (κ1) is 14.4. The predicted molar refractivity (Wildman–Crippen MR) is 64.9 cm³/mol. The molecule has 0 unspecified atom stereocenters. The number of hydrogen-bond acceptors (Lipinski definition) is 2. The minimum absolute atomic E-state index is 0.000239. The summed E-state index contributed by atoms with van der Waals surface area (Å²) in [7, 11) is 1.69. The Labute approximate surface area is 105 Å². The first-order valence-electron chi connectivity index (χ1n) is 5.85. The Hall–Kier alpha value is -1.65. The van der Waals surface area contributed by atoms with Gasteiger partial charge in [0.15, 0.2) is 0 Å². The molecule has 0 spiro atoms. The molecule has 1 aromatic carbocycles. The number of rotatable bonds is 6. The lowest BCUT2D eigenvalue weighted by molar-refractivity contribution is -0.0499. The fourth-order valence-corrected chi connectivity index (χ4v) is 1.52. The largest absolute Gasteiger partial charge is 0.435 e. The van der Waals surface area contributed by atoms with Crippen LogP contribution in [0.15, 0.2) is 24.3 Å². The molecule has 0 aliphatic rings. The van der Waals surface area contributed by atoms with Gasteiger partial charge in [0.2, 0.25) is 0 Å². The summed E-state index contributed by atoms with van der Waals surface area (Å²) in [6.07, 6.45) is 1.90. The number of alkyl halides is 2. The Kier molecular flexibility index (Phi) is 5.55. The Morgan fingerprint density at radius 3 is 2.78 bits per heavy atom. The summed E-state index contributed by atoms with van der Waals surface area (Å²) >= 11 is 0. The minimum Gasteiger partial charge on any atom is -0.435 e. The highest BCUT2D eigenvalue weighted by Gasteiger charge is 2.13. The number of amides is 1. The van der Waals surface area contributed by atoms with Gasteiger partial charge in [-0.2, -0.15) is 8.78 Å². The van der Waals surface area contributed by atoms with Gasteiger partial charge in [0.05, 0.1) is 0 Å². The molecule has 1 amide bonds. The molecular formula is C13H17F2NO2. The number of ether oxygens (including phenoxy) is 1. The Morgan fingerprint density at radius 2 is 2.17 bits per heavy atom. The molecular weight excluding hydrogens is 240 g/mol. The second-order valence-electron chi connectivity index (χ2n) is 3.99. The van der Waals surface area contributed by atoms with Crippen molar-refractivity contribution in [3.8, 4) is 5.75 Å². The van der Waals surface area contributed by atoms with Gasteiger partial charge in [-0.3, -0.25) is 4.79 Å². The van der Waals surface area contributed by atoms with Gasteiger partial charge in [0.1, 0.15) is 5.75 Å². The Bertz CT molecular complexity index is 396. The monoisotopic (exact) mass is 257 g/mol. The average molecular weight is 257 g/mol. The van der Waals surface area contributed by atoms with Crippen molar-refractivity contribution >= 4 is 5.91 Å². The van der Waals surface area contributed by atoms with Gasteiger partial charge in [-0.15, -0.1) is 0 Å². The van der Waals surface area contributed by atoms with Crippen LogP contribution in [-0.4, -0.2) is 31.0 Å². The van der Waals surface area contributed by atoms with E-state index in [2.05, 4.69) is 4.74 Å². The van der Waals surface area contributed by atoms with E-state index in [0.717, 1.165) is 12.8 Å². The molecule has 0 saturated heterocycles. The van der Waals surface area contributed by atoms with Gasteiger partial charge in [-0.1, -0.05) is 19.4 Å². The molecule has 0 bridgehead atoms. The zero-order valence-electron chi connectivity index (χ0n) is 10.5. The lowest BCUT2D eigenvalue weighted by Gasteiger charge is -2.17. The van der Waals surface area contributed by atoms with Crippen LogP contribution in [-0.2, 0) is 0 Å². The molecule has 1 aromatic rings. The molecule has 0 aliphatic carbocycles. The van der Waals surface area contributed by atoms with Crippen LogP contribution in [0.2, 0.25) is 0 Å². The molecule has 0 atom stereocenters. The van der Waals surface area contributed by atoms with Crippen LogP contribution >= 0.6 is 0 Å². The van der Waals surface area contributed by atoms with E-state index in [-0.39, 0.29) is 11.7 Å². The van der Waals surface area contributed by atoms with Crippen LogP contribution in [0, 0.1) is 0 Å². The van der Waals surface area contributed by atoms with Gasteiger partial charge in [-0.05, 0) is 24.6 Å². The zero-order valence-corrected chi connectivity index (χ0v) is 10.5. The summed E-state index contributed by atoms with van der Waals surface area (Å²) in [6, 6.07) is 5.84. The fraction of sp³-hybridized carbons (Fsp3) is 0.462. The highest BCUT2D eigenvalue weighted by Crippen LogP contribution is 2.17. The third-order valence-electron chi connectivity index (χ3n) is 2.50. The molecule has 0 N–H and O–H groups in total. The normalized spacial score (nSPS) is 10.5. The average Bonchev–Trinajstić information content (AvgIpc) is 2.34. The fourth-order valence-electron chi connectivity index (χ4n) is 1.52. The number of carbonyl (C=O) groups excluding carboxylic acids is 1. The lowest BCUT2D eigenvalue weighted by Crippen LogP contribution is -2.27. The summed E-state index contributed by atoms with van der Waals surface area (Å²) in [5, 5.41) is 0. The quantitative estimate of drug-likeness (QED) is 0.783. The first-order valence-corrected chi connectivity index (χ1v) is 5.85. The van der Waals surface area contributed by atoms with Gasteiger partial charge < -0.3 is 9.64 Å². The van der Waals surface area contributed by atoms with Crippen molar-refractivity contribution in [1.82, 2.24) is 4.90 Å². The van der Waals surface area contributed by atoms with E-state index in [1.54, 1.807) is 18.0 Å². The van der Waals surface area contributed by atoms with Gasteiger partial charge in [0.25, 0.3) is 5.91 Å². The Balaban J connectivity index is 2.73. The maximum absolute atomic E-state index is 12.1. The van der Waals surface area contributed by atoms with Crippen molar-refractivity contribution in [3.63, 3.8) is 0 Å². The number of unbranched alkanes of at least 4 members (excludes halogenated alkanes) is 1. The highest BCUT2D eigenvalue weighted by molar-refractivity contribution is 5.94. The van der Waals surface area contributed by atoms with E-state index in [4.69, 9.17) is 0 Å². The van der Waals surface area contributed by atoms with Crippen LogP contribution in [0.25, 0.3) is 0 Å². The van der Waals surface area contributed by atoms with Crippen LogP contribution < -0.4 is 4.74 Å². The number of carbonyl (C=O) groups is 1. The first-order chi connectivity index (χ1) is 8.54. The van der Waals surface area contributed by atoms with Crippen LogP contribution in [0.1, 0.15) is 30.1 Å². The summed E-state index contributed by atoms with van der Waals surface area (Å²) < 4.78 is 28.4. The number of benzene rings is 1. The minimum atomic E-state index is -2.88. The standard InChI is InChI=1S/C13H17F2NO2/c1-3-4-8-16(2)12(17)10-6-5-7-11(9-10)18-13(14)15/h5-7,9,13H,3-4,8H2,1-2H3. The van der Waals surface area contributed by atoms with Crippen molar-refractivity contribution < 1.29 is 18.3 Å². The molecule has 18 heavy (non-hydrogen) atoms. The molecule has 0 fully saturated rings. The zero-order chi connectivity index (χ0) is 13.5. The van der Waals surface area contributed by atoms with E-state index < -0.39 is 6.61 Å². The van der Waals surface area contributed by atoms with E-state index in [0.29, 0.717) is 12.1 Å². The third kappa shape index (κ3) is 4.31. The molecule has 0 heterocycles. The van der Waals surface area contributed by atoms with E-state index in [9.17, 15) is 13.6 Å². The van der Waals surface area contributed by atoms with Crippen molar-refractivity contribution in [2.45, 2.75) is 26.4 Å². The van der Waals surface area contributed by atoms with Crippen molar-refractivity contribution in [3.05, 3.63) is 29.8 Å². The number of halogens is 2. The molecule has 100 valence electrons. The van der Waals surface area contributed by atoms with Crippen LogP contribution in [0.3, 0.4) is 0 Å². The van der Waals surface area contributed by atoms with Crippen molar-refractivity contribution in [2.24, 2.45) is 0 Å². The maximum atomic E-state index is 12.1. The summed E-state index contributed by atoms with van der Waals surface area (Å²) in [6.45, 7) is -0.196. The second kappa shape index (κ2) is 6.93. The van der Waals surface area contributed by atoms with E-state index in [1.165, 1.54) is 18.2 Å². The van der Waals surface area contributed by atoms with Gasteiger partial charge in [0, 0.05) is 19.2 Å². The predicted octanol–water partition coefficient (Wildman–Crippen LogP) is 3.16. The topological polar surface area (TPSA) is 29.5 Å². The smallest absolute Gasteiger partial charge is 0.387 e. The molecule has 5 heteroatoms. The van der Waals surface area contributed by atoms with Gasteiger partial charge >= 0.3 is 6.61 Å². The van der Waals surface area contributed by atoms with Crippen LogP contribution in [0.5, 0.6) is 5.75 Å². The second-order valence-corrected chi connectivity index (χ2v) is 3.99. The molecule has 0 aromatic heterocycles. The summed E-state index contributed by atoms with van der Waals surface area (Å²) in [5.41, 5.74) is 0.353. The summed E-state index contributed by atoms with van der Waals surface area (Å²) in [4.78, 5) is 13.5. The SMILES string of the molecule is CCCCN(C)C(=O)c1cccc(OC(F)F)c1. The number of hydrogen-bond donors (Lipinski definition) is 0. The van der Waals surface area contributed by atoms with Crippen molar-refractivity contribution in [1.29, 1.82) is 0 Å². The van der Waals surface area contributed by atoms with E-state index >= 15 is 0 Å².